The minimum atomic E-state index is -0.226. The highest BCUT2D eigenvalue weighted by Crippen LogP contribution is 2.21. The summed E-state index contributed by atoms with van der Waals surface area (Å²) in [6.45, 7) is 1.95. The predicted octanol–water partition coefficient (Wildman–Crippen LogP) is 2.60. The van der Waals surface area contributed by atoms with Crippen LogP contribution in [-0.4, -0.2) is 11.3 Å². The van der Waals surface area contributed by atoms with Crippen molar-refractivity contribution in [1.82, 2.24) is 4.98 Å². The van der Waals surface area contributed by atoms with Crippen LogP contribution in [0.5, 0.6) is 0 Å². The van der Waals surface area contributed by atoms with Crippen LogP contribution in [0.15, 0.2) is 18.5 Å². The lowest BCUT2D eigenvalue weighted by Crippen LogP contribution is -1.94. The molecule has 0 saturated heterocycles. The van der Waals surface area contributed by atoms with Crippen molar-refractivity contribution in [2.75, 3.05) is 0 Å². The van der Waals surface area contributed by atoms with E-state index in [4.69, 9.17) is 0 Å². The monoisotopic (exact) mass is 293 g/mol. The zero-order valence-corrected chi connectivity index (χ0v) is 9.83. The molecule has 12 heavy (non-hydrogen) atoms. The lowest BCUT2D eigenvalue weighted by molar-refractivity contribution is -0.107. The molecule has 4 heteroatoms. The maximum absolute atomic E-state index is 10.4. The summed E-state index contributed by atoms with van der Waals surface area (Å²) >= 11 is 3.23. The molecule has 1 rings (SSSR count). The van der Waals surface area contributed by atoms with Gasteiger partial charge in [0.15, 0.2) is 0 Å². The average Bonchev–Trinajstić information content (AvgIpc) is 2.04. The van der Waals surface area contributed by atoms with Crippen LogP contribution in [0.2, 0.25) is 0 Å². The van der Waals surface area contributed by atoms with E-state index in [0.717, 1.165) is 17.4 Å². The van der Waals surface area contributed by atoms with Crippen LogP contribution in [0.4, 0.5) is 0 Å². The zero-order valence-electron chi connectivity index (χ0n) is 6.53. The Balaban J connectivity index is 0.00000121. The van der Waals surface area contributed by atoms with Gasteiger partial charge >= 0.3 is 0 Å². The molecular formula is C8H9Br2NO. The lowest BCUT2D eigenvalue weighted by Gasteiger charge is -2.04. The van der Waals surface area contributed by atoms with Crippen molar-refractivity contribution in [3.8, 4) is 0 Å². The molecular weight excluding hydrogens is 286 g/mol. The summed E-state index contributed by atoms with van der Waals surface area (Å²) in [5.74, 6) is 0. The first-order valence-corrected chi connectivity index (χ1v) is 4.17. The molecule has 0 bridgehead atoms. The number of pyridine rings is 1. The van der Waals surface area contributed by atoms with Crippen molar-refractivity contribution in [2.24, 2.45) is 0 Å². The summed E-state index contributed by atoms with van der Waals surface area (Å²) < 4.78 is 0. The molecule has 1 atom stereocenters. The first-order chi connectivity index (χ1) is 5.25. The van der Waals surface area contributed by atoms with Crippen molar-refractivity contribution >= 4 is 39.2 Å². The molecule has 0 N–H and O–H groups in total. The summed E-state index contributed by atoms with van der Waals surface area (Å²) in [4.78, 5) is 14.1. The van der Waals surface area contributed by atoms with Crippen molar-refractivity contribution < 1.29 is 4.79 Å². The van der Waals surface area contributed by atoms with Gasteiger partial charge < -0.3 is 4.79 Å². The van der Waals surface area contributed by atoms with Gasteiger partial charge in [0.25, 0.3) is 0 Å². The summed E-state index contributed by atoms with van der Waals surface area (Å²) in [5.41, 5.74) is 2.01. The highest BCUT2D eigenvalue weighted by atomic mass is 79.9. The number of aromatic nitrogens is 1. The second-order valence-corrected chi connectivity index (χ2v) is 3.26. The van der Waals surface area contributed by atoms with Gasteiger partial charge in [0.05, 0.1) is 4.83 Å². The standard InChI is InChI=1S/C8H8BrNO.BrH/c1-6-2-3-10-4-7(6)8(9)5-11;/h2-5,8H,1H3;1H. The quantitative estimate of drug-likeness (QED) is 0.620. The van der Waals surface area contributed by atoms with Crippen LogP contribution >= 0.6 is 32.9 Å². The molecule has 0 fully saturated rings. The molecule has 1 aromatic heterocycles. The largest absolute Gasteiger partial charge is 0.302 e. The molecule has 0 spiro atoms. The van der Waals surface area contributed by atoms with E-state index in [2.05, 4.69) is 20.9 Å². The third-order valence-corrected chi connectivity index (χ3v) is 2.21. The second-order valence-electron chi connectivity index (χ2n) is 2.27. The number of carbonyl (C=O) groups is 1. The number of rotatable bonds is 2. The molecule has 0 aliphatic carbocycles. The predicted molar refractivity (Wildman–Crippen MR) is 57.0 cm³/mol. The Morgan fingerprint density at radius 3 is 2.83 bits per heavy atom. The minimum Gasteiger partial charge on any atom is -0.302 e. The van der Waals surface area contributed by atoms with Crippen molar-refractivity contribution in [2.45, 2.75) is 11.8 Å². The van der Waals surface area contributed by atoms with E-state index >= 15 is 0 Å². The van der Waals surface area contributed by atoms with Gasteiger partial charge in [0.2, 0.25) is 0 Å². The molecule has 0 radical (unpaired) electrons. The molecule has 1 unspecified atom stereocenters. The third-order valence-electron chi connectivity index (χ3n) is 1.50. The fourth-order valence-corrected chi connectivity index (χ4v) is 1.32. The van der Waals surface area contributed by atoms with Crippen molar-refractivity contribution in [3.05, 3.63) is 29.6 Å². The van der Waals surface area contributed by atoms with Gasteiger partial charge in [-0.2, -0.15) is 0 Å². The molecule has 0 aromatic carbocycles. The molecule has 1 heterocycles. The molecule has 1 aromatic rings. The number of alkyl halides is 1. The van der Waals surface area contributed by atoms with E-state index in [1.54, 1.807) is 12.4 Å². The first kappa shape index (κ1) is 11.8. The Morgan fingerprint density at radius 1 is 1.67 bits per heavy atom. The van der Waals surface area contributed by atoms with Gasteiger partial charge in [-0.15, -0.1) is 17.0 Å². The average molecular weight is 295 g/mol. The Bertz CT molecular complexity index is 265. The number of aryl methyl sites for hydroxylation is 1. The van der Waals surface area contributed by atoms with E-state index in [9.17, 15) is 4.79 Å². The lowest BCUT2D eigenvalue weighted by atomic mass is 10.1. The van der Waals surface area contributed by atoms with Crippen molar-refractivity contribution in [3.63, 3.8) is 0 Å². The highest BCUT2D eigenvalue weighted by molar-refractivity contribution is 9.09. The molecule has 2 nitrogen and oxygen atoms in total. The van der Waals surface area contributed by atoms with Gasteiger partial charge in [-0.3, -0.25) is 4.98 Å². The summed E-state index contributed by atoms with van der Waals surface area (Å²) in [6, 6.07) is 1.88. The SMILES string of the molecule is Br.Cc1ccncc1C(Br)C=O. The van der Waals surface area contributed by atoms with Gasteiger partial charge in [-0.05, 0) is 24.1 Å². The number of nitrogens with zero attached hydrogens (tertiary/aromatic N) is 1. The molecule has 0 aliphatic heterocycles. The maximum atomic E-state index is 10.4. The van der Waals surface area contributed by atoms with Crippen LogP contribution in [0.1, 0.15) is 16.0 Å². The van der Waals surface area contributed by atoms with E-state index in [1.807, 2.05) is 13.0 Å². The fraction of sp³-hybridized carbons (Fsp3) is 0.250. The summed E-state index contributed by atoms with van der Waals surface area (Å²) in [6.07, 6.45) is 4.26. The van der Waals surface area contributed by atoms with Gasteiger partial charge in [0.1, 0.15) is 6.29 Å². The Kier molecular flexibility index (Phi) is 5.33. The van der Waals surface area contributed by atoms with E-state index in [-0.39, 0.29) is 21.8 Å². The Hall–Kier alpha value is -0.220. The molecule has 0 amide bonds. The number of halogens is 2. The highest BCUT2D eigenvalue weighted by Gasteiger charge is 2.07. The van der Waals surface area contributed by atoms with Gasteiger partial charge in [-0.25, -0.2) is 0 Å². The normalized spacial score (nSPS) is 11.5. The Labute approximate surface area is 90.3 Å². The molecule has 66 valence electrons. The number of hydrogen-bond acceptors (Lipinski definition) is 2. The van der Waals surface area contributed by atoms with Crippen LogP contribution in [-0.2, 0) is 4.79 Å². The van der Waals surface area contributed by atoms with E-state index in [0.29, 0.717) is 0 Å². The topological polar surface area (TPSA) is 30.0 Å². The van der Waals surface area contributed by atoms with Crippen LogP contribution in [0, 0.1) is 6.92 Å². The number of carbonyl (C=O) groups excluding carboxylic acids is 1. The van der Waals surface area contributed by atoms with Crippen LogP contribution in [0.3, 0.4) is 0 Å². The van der Waals surface area contributed by atoms with Gasteiger partial charge in [-0.1, -0.05) is 15.9 Å². The van der Waals surface area contributed by atoms with Crippen LogP contribution in [0.25, 0.3) is 0 Å². The van der Waals surface area contributed by atoms with E-state index < -0.39 is 0 Å². The molecule has 0 aliphatic rings. The zero-order chi connectivity index (χ0) is 8.27. The minimum absolute atomic E-state index is 0. The first-order valence-electron chi connectivity index (χ1n) is 3.25. The van der Waals surface area contributed by atoms with Crippen LogP contribution < -0.4 is 0 Å². The fourth-order valence-electron chi connectivity index (χ4n) is 0.838. The smallest absolute Gasteiger partial charge is 0.138 e. The van der Waals surface area contributed by atoms with Gasteiger partial charge in [0, 0.05) is 12.4 Å². The summed E-state index contributed by atoms with van der Waals surface area (Å²) in [7, 11) is 0. The molecule has 0 saturated carbocycles. The second kappa shape index (κ2) is 5.43. The number of hydrogen-bond donors (Lipinski definition) is 0. The van der Waals surface area contributed by atoms with Crippen molar-refractivity contribution in [1.29, 1.82) is 0 Å². The Morgan fingerprint density at radius 2 is 2.33 bits per heavy atom. The maximum Gasteiger partial charge on any atom is 0.138 e. The third kappa shape index (κ3) is 2.68. The van der Waals surface area contributed by atoms with E-state index in [1.165, 1.54) is 0 Å². The number of aldehydes is 1. The summed E-state index contributed by atoms with van der Waals surface area (Å²) in [5, 5.41) is 0.